The number of hydrogen-bond acceptors (Lipinski definition) is 2. The number of H-pyrrole nitrogens is 1. The molecule has 3 aromatic rings. The van der Waals surface area contributed by atoms with Gasteiger partial charge in [-0.05, 0) is 44.4 Å². The lowest BCUT2D eigenvalue weighted by Gasteiger charge is -2.24. The predicted octanol–water partition coefficient (Wildman–Crippen LogP) is 6.61. The Bertz CT molecular complexity index is 1140. The van der Waals surface area contributed by atoms with Crippen LogP contribution in [-0.2, 0) is 0 Å². The van der Waals surface area contributed by atoms with E-state index in [4.69, 9.17) is 11.6 Å². The van der Waals surface area contributed by atoms with Gasteiger partial charge >= 0.3 is 0 Å². The second-order valence-corrected chi connectivity index (χ2v) is 8.83. The SMILES string of the molecule is Cc1ccc(NC(=O)c2c(-c3ccc(C)cc3)c(Cl)c(C3CCCCC3)[nH]c2=O)cc1. The van der Waals surface area contributed by atoms with E-state index in [-0.39, 0.29) is 11.5 Å². The minimum absolute atomic E-state index is 0.0500. The van der Waals surface area contributed by atoms with Crippen LogP contribution >= 0.6 is 11.6 Å². The lowest BCUT2D eigenvalue weighted by molar-refractivity contribution is 0.102. The number of aromatic amines is 1. The Morgan fingerprint density at radius 3 is 2.13 bits per heavy atom. The van der Waals surface area contributed by atoms with Crippen LogP contribution in [0.5, 0.6) is 0 Å². The highest BCUT2D eigenvalue weighted by Gasteiger charge is 2.27. The van der Waals surface area contributed by atoms with E-state index in [1.165, 1.54) is 6.42 Å². The second-order valence-electron chi connectivity index (χ2n) is 8.45. The van der Waals surface area contributed by atoms with Crippen molar-refractivity contribution in [2.45, 2.75) is 51.9 Å². The molecule has 0 aliphatic heterocycles. The summed E-state index contributed by atoms with van der Waals surface area (Å²) in [5.41, 5.74) is 4.52. The molecule has 2 N–H and O–H groups in total. The summed E-state index contributed by atoms with van der Waals surface area (Å²) in [5.74, 6) is -0.245. The first kappa shape index (κ1) is 21.4. The molecular weight excluding hydrogens is 408 g/mol. The van der Waals surface area contributed by atoms with Crippen molar-refractivity contribution >= 4 is 23.2 Å². The first-order valence-corrected chi connectivity index (χ1v) is 11.2. The summed E-state index contributed by atoms with van der Waals surface area (Å²) in [7, 11) is 0. The van der Waals surface area contributed by atoms with Gasteiger partial charge in [0.25, 0.3) is 11.5 Å². The van der Waals surface area contributed by atoms with E-state index in [0.29, 0.717) is 16.3 Å². The quantitative estimate of drug-likeness (QED) is 0.485. The Labute approximate surface area is 187 Å². The van der Waals surface area contributed by atoms with Crippen molar-refractivity contribution in [3.63, 3.8) is 0 Å². The van der Waals surface area contributed by atoms with Gasteiger partial charge in [0.1, 0.15) is 5.56 Å². The highest BCUT2D eigenvalue weighted by atomic mass is 35.5. The number of halogens is 1. The molecule has 31 heavy (non-hydrogen) atoms. The van der Waals surface area contributed by atoms with Crippen LogP contribution in [0.2, 0.25) is 5.02 Å². The third kappa shape index (κ3) is 4.59. The van der Waals surface area contributed by atoms with E-state index in [1.807, 2.05) is 62.4 Å². The first-order valence-electron chi connectivity index (χ1n) is 10.8. The minimum atomic E-state index is -0.460. The van der Waals surface area contributed by atoms with Crippen molar-refractivity contribution < 1.29 is 4.79 Å². The molecule has 1 aliphatic rings. The van der Waals surface area contributed by atoms with Gasteiger partial charge in [-0.2, -0.15) is 0 Å². The van der Waals surface area contributed by atoms with Gasteiger partial charge in [0.05, 0.1) is 5.02 Å². The molecule has 1 heterocycles. The monoisotopic (exact) mass is 434 g/mol. The minimum Gasteiger partial charge on any atom is -0.324 e. The molecule has 0 bridgehead atoms. The van der Waals surface area contributed by atoms with Gasteiger partial charge in [-0.1, -0.05) is 78.4 Å². The number of hydrogen-bond donors (Lipinski definition) is 2. The molecule has 4 nitrogen and oxygen atoms in total. The van der Waals surface area contributed by atoms with Crippen LogP contribution < -0.4 is 10.9 Å². The van der Waals surface area contributed by atoms with Crippen molar-refractivity contribution in [1.29, 1.82) is 0 Å². The van der Waals surface area contributed by atoms with Crippen LogP contribution in [0.3, 0.4) is 0 Å². The molecule has 5 heteroatoms. The van der Waals surface area contributed by atoms with Crippen LogP contribution in [0.4, 0.5) is 5.69 Å². The average Bonchev–Trinajstić information content (AvgIpc) is 2.77. The third-order valence-corrected chi connectivity index (χ3v) is 6.46. The molecule has 0 radical (unpaired) electrons. The van der Waals surface area contributed by atoms with E-state index in [2.05, 4.69) is 10.3 Å². The van der Waals surface area contributed by atoms with Crippen molar-refractivity contribution in [3.05, 3.63) is 86.3 Å². The molecular formula is C26H27ClN2O2. The molecule has 0 atom stereocenters. The third-order valence-electron chi connectivity index (χ3n) is 6.07. The molecule has 0 saturated heterocycles. The summed E-state index contributed by atoms with van der Waals surface area (Å²) in [4.78, 5) is 29.4. The van der Waals surface area contributed by atoms with Crippen molar-refractivity contribution in [2.24, 2.45) is 0 Å². The van der Waals surface area contributed by atoms with E-state index in [0.717, 1.165) is 48.1 Å². The molecule has 1 fully saturated rings. The van der Waals surface area contributed by atoms with Gasteiger partial charge in [-0.25, -0.2) is 0 Å². The summed E-state index contributed by atoms with van der Waals surface area (Å²) >= 11 is 6.91. The Balaban J connectivity index is 1.83. The highest BCUT2D eigenvalue weighted by molar-refractivity contribution is 6.35. The number of nitrogens with one attached hydrogen (secondary N) is 2. The fourth-order valence-corrected chi connectivity index (χ4v) is 4.71. The Morgan fingerprint density at radius 1 is 0.935 bits per heavy atom. The first-order chi connectivity index (χ1) is 14.9. The number of anilines is 1. The number of amides is 1. The molecule has 1 aromatic heterocycles. The predicted molar refractivity (Wildman–Crippen MR) is 127 cm³/mol. The number of benzene rings is 2. The van der Waals surface area contributed by atoms with E-state index >= 15 is 0 Å². The van der Waals surface area contributed by atoms with Crippen LogP contribution in [0.1, 0.15) is 65.2 Å². The van der Waals surface area contributed by atoms with Crippen LogP contribution in [0, 0.1) is 13.8 Å². The van der Waals surface area contributed by atoms with E-state index in [1.54, 1.807) is 0 Å². The number of aromatic nitrogens is 1. The second kappa shape index (κ2) is 9.11. The van der Waals surface area contributed by atoms with Crippen molar-refractivity contribution in [2.75, 3.05) is 5.32 Å². The molecule has 2 aromatic carbocycles. The van der Waals surface area contributed by atoms with Crippen LogP contribution in [0.15, 0.2) is 53.3 Å². The normalized spacial score (nSPS) is 14.4. The number of carbonyl (C=O) groups excluding carboxylic acids is 1. The largest absolute Gasteiger partial charge is 0.324 e. The van der Waals surface area contributed by atoms with Gasteiger partial charge in [-0.15, -0.1) is 0 Å². The zero-order valence-corrected chi connectivity index (χ0v) is 18.7. The molecule has 0 unspecified atom stereocenters. The smallest absolute Gasteiger partial charge is 0.261 e. The van der Waals surface area contributed by atoms with E-state index in [9.17, 15) is 9.59 Å². The number of rotatable bonds is 4. The molecule has 1 amide bonds. The summed E-state index contributed by atoms with van der Waals surface area (Å²) in [6, 6.07) is 15.3. The summed E-state index contributed by atoms with van der Waals surface area (Å²) in [6.07, 6.45) is 5.45. The summed E-state index contributed by atoms with van der Waals surface area (Å²) in [5, 5.41) is 3.33. The zero-order valence-electron chi connectivity index (χ0n) is 17.9. The zero-order chi connectivity index (χ0) is 22.0. The Morgan fingerprint density at radius 2 is 1.52 bits per heavy atom. The van der Waals surface area contributed by atoms with Gasteiger partial charge in [0.15, 0.2) is 0 Å². The fourth-order valence-electron chi connectivity index (χ4n) is 4.31. The highest BCUT2D eigenvalue weighted by Crippen LogP contribution is 2.40. The summed E-state index contributed by atoms with van der Waals surface area (Å²) in [6.45, 7) is 3.98. The van der Waals surface area contributed by atoms with Crippen LogP contribution in [0.25, 0.3) is 11.1 Å². The number of aryl methyl sites for hydroxylation is 2. The number of pyridine rings is 1. The lowest BCUT2D eigenvalue weighted by Crippen LogP contribution is -2.27. The number of carbonyl (C=O) groups is 1. The maximum atomic E-state index is 13.2. The van der Waals surface area contributed by atoms with E-state index < -0.39 is 11.5 Å². The standard InChI is InChI=1S/C26H27ClN2O2/c1-16-8-12-18(13-9-16)21-22(25(30)28-20-14-10-17(2)11-15-20)26(31)29-24(23(21)27)19-6-4-3-5-7-19/h8-15,19H,3-7H2,1-2H3,(H,28,30)(H,29,31). The van der Waals surface area contributed by atoms with Crippen molar-refractivity contribution in [1.82, 2.24) is 4.98 Å². The Kier molecular flexibility index (Phi) is 6.28. The molecule has 1 saturated carbocycles. The topological polar surface area (TPSA) is 62.0 Å². The van der Waals surface area contributed by atoms with Gasteiger partial charge in [-0.3, -0.25) is 9.59 Å². The molecule has 1 aliphatic carbocycles. The Hall–Kier alpha value is -2.85. The molecule has 4 rings (SSSR count). The lowest BCUT2D eigenvalue weighted by atomic mass is 9.85. The fraction of sp³-hybridized carbons (Fsp3) is 0.308. The maximum Gasteiger partial charge on any atom is 0.261 e. The van der Waals surface area contributed by atoms with Gasteiger partial charge in [0, 0.05) is 22.9 Å². The molecule has 0 spiro atoms. The maximum absolute atomic E-state index is 13.2. The molecule has 160 valence electrons. The van der Waals surface area contributed by atoms with Gasteiger partial charge in [0.2, 0.25) is 0 Å². The van der Waals surface area contributed by atoms with Gasteiger partial charge < -0.3 is 10.3 Å². The van der Waals surface area contributed by atoms with Crippen molar-refractivity contribution in [3.8, 4) is 11.1 Å². The van der Waals surface area contributed by atoms with Crippen LogP contribution in [-0.4, -0.2) is 10.9 Å². The average molecular weight is 435 g/mol. The summed E-state index contributed by atoms with van der Waals surface area (Å²) < 4.78 is 0.